The number of anilines is 1. The largest absolute Gasteiger partial charge is 0.495 e. The van der Waals surface area contributed by atoms with Crippen molar-refractivity contribution in [3.05, 3.63) is 23.8 Å². The molecule has 0 bridgehead atoms. The van der Waals surface area contributed by atoms with E-state index in [9.17, 15) is 9.90 Å². The summed E-state index contributed by atoms with van der Waals surface area (Å²) in [4.78, 5) is 14.3. The number of carbonyl (C=O) groups excluding carboxylic acids is 1. The molecule has 116 valence electrons. The highest BCUT2D eigenvalue weighted by molar-refractivity contribution is 5.96. The molecule has 1 aromatic rings. The first-order valence-electron chi connectivity index (χ1n) is 7.03. The molecule has 2 unspecified atom stereocenters. The van der Waals surface area contributed by atoms with Gasteiger partial charge in [0.15, 0.2) is 0 Å². The normalized spacial score (nSPS) is 21.6. The van der Waals surface area contributed by atoms with E-state index in [2.05, 4.69) is 15.5 Å². The zero-order chi connectivity index (χ0) is 15.4. The topological polar surface area (TPSA) is 73.8 Å². The first-order chi connectivity index (χ1) is 9.99. The van der Waals surface area contributed by atoms with Crippen LogP contribution >= 0.6 is 0 Å². The third kappa shape index (κ3) is 4.17. The Bertz CT molecular complexity index is 505. The Labute approximate surface area is 125 Å². The Morgan fingerprint density at radius 1 is 1.52 bits per heavy atom. The van der Waals surface area contributed by atoms with E-state index in [1.54, 1.807) is 7.11 Å². The number of nitrogens with zero attached hydrogens (tertiary/aromatic N) is 1. The maximum absolute atomic E-state index is 12.2. The number of hydrogen-bond donors (Lipinski definition) is 3. The van der Waals surface area contributed by atoms with Crippen LogP contribution in [0.4, 0.5) is 5.69 Å². The summed E-state index contributed by atoms with van der Waals surface area (Å²) < 4.78 is 5.29. The van der Waals surface area contributed by atoms with Gasteiger partial charge in [0.1, 0.15) is 5.75 Å². The monoisotopic (exact) mass is 293 g/mol. The molecule has 3 N–H and O–H groups in total. The van der Waals surface area contributed by atoms with E-state index in [1.807, 2.05) is 32.3 Å². The van der Waals surface area contributed by atoms with E-state index < -0.39 is 6.10 Å². The van der Waals surface area contributed by atoms with Gasteiger partial charge in [0.2, 0.25) is 5.91 Å². The number of carbonyl (C=O) groups is 1. The summed E-state index contributed by atoms with van der Waals surface area (Å²) >= 11 is 0. The lowest BCUT2D eigenvalue weighted by atomic mass is 10.1. The highest BCUT2D eigenvalue weighted by atomic mass is 16.5. The molecule has 0 aromatic heterocycles. The van der Waals surface area contributed by atoms with Crippen LogP contribution in [-0.4, -0.2) is 55.8 Å². The summed E-state index contributed by atoms with van der Waals surface area (Å²) in [5, 5.41) is 15.4. The van der Waals surface area contributed by atoms with Gasteiger partial charge in [-0.3, -0.25) is 4.79 Å². The van der Waals surface area contributed by atoms with E-state index in [0.717, 1.165) is 12.1 Å². The molecule has 1 aromatic carbocycles. The minimum absolute atomic E-state index is 0.146. The average molecular weight is 293 g/mol. The van der Waals surface area contributed by atoms with Crippen LogP contribution in [0.15, 0.2) is 18.2 Å². The van der Waals surface area contributed by atoms with Gasteiger partial charge >= 0.3 is 0 Å². The summed E-state index contributed by atoms with van der Waals surface area (Å²) in [6, 6.07) is 5.39. The number of aliphatic hydroxyl groups excluding tert-OH is 1. The number of hydrogen-bond acceptors (Lipinski definition) is 5. The molecule has 21 heavy (non-hydrogen) atoms. The number of ether oxygens (including phenoxy) is 1. The van der Waals surface area contributed by atoms with Gasteiger partial charge in [0.05, 0.1) is 24.9 Å². The highest BCUT2D eigenvalue weighted by Crippen LogP contribution is 2.26. The van der Waals surface area contributed by atoms with E-state index in [1.165, 1.54) is 0 Å². The van der Waals surface area contributed by atoms with Gasteiger partial charge < -0.3 is 25.4 Å². The van der Waals surface area contributed by atoms with Gasteiger partial charge in [0.25, 0.3) is 0 Å². The molecule has 1 heterocycles. The quantitative estimate of drug-likeness (QED) is 0.734. The summed E-state index contributed by atoms with van der Waals surface area (Å²) in [5.74, 6) is 0.483. The van der Waals surface area contributed by atoms with Crippen LogP contribution in [0.2, 0.25) is 0 Å². The SMILES string of the molecule is COc1ccc(CN(C)C)cc1NC(=O)C1CC(O)CN1. The minimum atomic E-state index is -0.456. The first-order valence-corrected chi connectivity index (χ1v) is 7.03. The molecule has 0 radical (unpaired) electrons. The first kappa shape index (κ1) is 15.8. The molecule has 1 fully saturated rings. The van der Waals surface area contributed by atoms with Crippen LogP contribution in [0, 0.1) is 0 Å². The summed E-state index contributed by atoms with van der Waals surface area (Å²) in [6.07, 6.45) is -0.0198. The van der Waals surface area contributed by atoms with Crippen molar-refractivity contribution in [2.24, 2.45) is 0 Å². The van der Waals surface area contributed by atoms with Crippen molar-refractivity contribution in [1.82, 2.24) is 10.2 Å². The predicted molar refractivity (Wildman–Crippen MR) is 81.4 cm³/mol. The number of aliphatic hydroxyl groups is 1. The summed E-state index contributed by atoms with van der Waals surface area (Å²) in [6.45, 7) is 1.24. The smallest absolute Gasteiger partial charge is 0.241 e. The van der Waals surface area contributed by atoms with Crippen LogP contribution in [-0.2, 0) is 11.3 Å². The third-order valence-corrected chi connectivity index (χ3v) is 3.44. The Morgan fingerprint density at radius 3 is 2.86 bits per heavy atom. The molecule has 1 aliphatic heterocycles. The number of rotatable bonds is 5. The summed E-state index contributed by atoms with van der Waals surface area (Å²) in [7, 11) is 5.56. The van der Waals surface area contributed by atoms with Gasteiger partial charge in [0, 0.05) is 13.1 Å². The second kappa shape index (κ2) is 6.89. The van der Waals surface area contributed by atoms with E-state index in [4.69, 9.17) is 4.74 Å². The fourth-order valence-electron chi connectivity index (χ4n) is 2.45. The number of β-amino-alcohol motifs (C(OH)–C–C–N with tert-alkyl or cyclic N) is 1. The van der Waals surface area contributed by atoms with Gasteiger partial charge in [-0.05, 0) is 38.2 Å². The highest BCUT2D eigenvalue weighted by Gasteiger charge is 2.28. The number of methoxy groups -OCH3 is 1. The molecule has 1 amide bonds. The molecular weight excluding hydrogens is 270 g/mol. The fourth-order valence-corrected chi connectivity index (χ4v) is 2.45. The Hall–Kier alpha value is -1.63. The molecule has 0 spiro atoms. The van der Waals surface area contributed by atoms with E-state index >= 15 is 0 Å². The average Bonchev–Trinajstić information content (AvgIpc) is 2.85. The number of benzene rings is 1. The van der Waals surface area contributed by atoms with Gasteiger partial charge in [-0.2, -0.15) is 0 Å². The van der Waals surface area contributed by atoms with Crippen molar-refractivity contribution >= 4 is 11.6 Å². The van der Waals surface area contributed by atoms with Crippen molar-refractivity contribution in [3.8, 4) is 5.75 Å². The standard InChI is InChI=1S/C15H23N3O3/c1-18(2)9-10-4-5-14(21-3)12(6-10)17-15(20)13-7-11(19)8-16-13/h4-6,11,13,16,19H,7-9H2,1-3H3,(H,17,20). The van der Waals surface area contributed by atoms with Crippen LogP contribution in [0.25, 0.3) is 0 Å². The zero-order valence-corrected chi connectivity index (χ0v) is 12.7. The predicted octanol–water partition coefficient (Wildman–Crippen LogP) is 0.418. The maximum Gasteiger partial charge on any atom is 0.241 e. The molecule has 6 heteroatoms. The van der Waals surface area contributed by atoms with Crippen LogP contribution in [0.5, 0.6) is 5.75 Å². The van der Waals surface area contributed by atoms with Crippen molar-refractivity contribution in [3.63, 3.8) is 0 Å². The molecule has 1 aliphatic rings. The third-order valence-electron chi connectivity index (χ3n) is 3.44. The second-order valence-corrected chi connectivity index (χ2v) is 5.61. The molecule has 0 aliphatic carbocycles. The molecule has 6 nitrogen and oxygen atoms in total. The summed E-state index contributed by atoms with van der Waals surface area (Å²) in [5.41, 5.74) is 1.75. The lowest BCUT2D eigenvalue weighted by Gasteiger charge is -2.16. The van der Waals surface area contributed by atoms with Crippen molar-refractivity contribution in [2.75, 3.05) is 33.1 Å². The maximum atomic E-state index is 12.2. The van der Waals surface area contributed by atoms with Crippen molar-refractivity contribution in [1.29, 1.82) is 0 Å². The van der Waals surface area contributed by atoms with Crippen LogP contribution in [0.3, 0.4) is 0 Å². The Balaban J connectivity index is 2.11. The van der Waals surface area contributed by atoms with Crippen molar-refractivity contribution in [2.45, 2.75) is 25.1 Å². The molecule has 2 atom stereocenters. The lowest BCUT2D eigenvalue weighted by Crippen LogP contribution is -2.35. The minimum Gasteiger partial charge on any atom is -0.495 e. The Kier molecular flexibility index (Phi) is 5.17. The number of nitrogens with one attached hydrogen (secondary N) is 2. The molecule has 2 rings (SSSR count). The van der Waals surface area contributed by atoms with E-state index in [0.29, 0.717) is 24.4 Å². The van der Waals surface area contributed by atoms with E-state index in [-0.39, 0.29) is 11.9 Å². The van der Waals surface area contributed by atoms with Gasteiger partial charge in [-0.15, -0.1) is 0 Å². The molecule has 1 saturated heterocycles. The second-order valence-electron chi connectivity index (χ2n) is 5.61. The van der Waals surface area contributed by atoms with Crippen molar-refractivity contribution < 1.29 is 14.6 Å². The van der Waals surface area contributed by atoms with Crippen LogP contribution in [0.1, 0.15) is 12.0 Å². The lowest BCUT2D eigenvalue weighted by molar-refractivity contribution is -0.117. The molecular formula is C15H23N3O3. The number of amides is 1. The molecule has 0 saturated carbocycles. The Morgan fingerprint density at radius 2 is 2.29 bits per heavy atom. The van der Waals surface area contributed by atoms with Gasteiger partial charge in [-0.25, -0.2) is 0 Å². The zero-order valence-electron chi connectivity index (χ0n) is 12.7. The fraction of sp³-hybridized carbons (Fsp3) is 0.533. The van der Waals surface area contributed by atoms with Crippen LogP contribution < -0.4 is 15.4 Å². The van der Waals surface area contributed by atoms with Gasteiger partial charge in [-0.1, -0.05) is 6.07 Å².